The van der Waals surface area contributed by atoms with E-state index in [1.807, 2.05) is 6.92 Å². The minimum absolute atomic E-state index is 0.183. The lowest BCUT2D eigenvalue weighted by Crippen LogP contribution is -1.96. The molecule has 2 N–H and O–H groups in total. The van der Waals surface area contributed by atoms with Crippen LogP contribution in [0.15, 0.2) is 24.5 Å². The molecule has 0 fully saturated rings. The highest BCUT2D eigenvalue weighted by Crippen LogP contribution is 2.31. The Labute approximate surface area is 108 Å². The van der Waals surface area contributed by atoms with Gasteiger partial charge in [-0.05, 0) is 30.7 Å². The first kappa shape index (κ1) is 12.0. The Morgan fingerprint density at radius 1 is 1.24 bits per heavy atom. The molecule has 4 nitrogen and oxygen atoms in total. The van der Waals surface area contributed by atoms with Crippen LogP contribution in [0.4, 0.5) is 5.82 Å². The summed E-state index contributed by atoms with van der Waals surface area (Å²) < 4.78 is 5.50. The predicted molar refractivity (Wildman–Crippen MR) is 67.7 cm³/mol. The van der Waals surface area contributed by atoms with Crippen LogP contribution in [-0.4, -0.2) is 9.97 Å². The Hall–Kier alpha value is -1.52. The summed E-state index contributed by atoms with van der Waals surface area (Å²) in [4.78, 5) is 7.65. The van der Waals surface area contributed by atoms with Gasteiger partial charge in [-0.1, -0.05) is 23.2 Å². The Morgan fingerprint density at radius 2 is 2.00 bits per heavy atom. The maximum Gasteiger partial charge on any atom is 0.243 e. The number of aryl methyl sites for hydroxylation is 1. The number of benzene rings is 1. The molecule has 6 heteroatoms. The number of ether oxygens (including phenoxy) is 1. The van der Waals surface area contributed by atoms with Gasteiger partial charge in [0, 0.05) is 5.02 Å². The van der Waals surface area contributed by atoms with Crippen LogP contribution >= 0.6 is 23.2 Å². The molecule has 0 unspecified atom stereocenters. The van der Waals surface area contributed by atoms with E-state index in [0.717, 1.165) is 5.56 Å². The zero-order chi connectivity index (χ0) is 12.4. The monoisotopic (exact) mass is 269 g/mol. The predicted octanol–water partition coefficient (Wildman–Crippen LogP) is 3.47. The van der Waals surface area contributed by atoms with E-state index in [-0.39, 0.29) is 16.7 Å². The van der Waals surface area contributed by atoms with Gasteiger partial charge in [-0.15, -0.1) is 0 Å². The molecule has 0 aliphatic heterocycles. The molecule has 88 valence electrons. The first-order valence-corrected chi connectivity index (χ1v) is 5.53. The third-order valence-electron chi connectivity index (χ3n) is 2.13. The molecule has 1 aromatic carbocycles. The Kier molecular flexibility index (Phi) is 3.36. The van der Waals surface area contributed by atoms with Gasteiger partial charge in [-0.25, -0.2) is 4.98 Å². The number of nitrogen functional groups attached to an aromatic ring is 1. The zero-order valence-corrected chi connectivity index (χ0v) is 10.5. The molecule has 0 bridgehead atoms. The number of anilines is 1. The molecule has 1 aromatic heterocycles. The largest absolute Gasteiger partial charge is 0.437 e. The molecule has 0 aliphatic carbocycles. The smallest absolute Gasteiger partial charge is 0.243 e. The highest BCUT2D eigenvalue weighted by atomic mass is 35.5. The Morgan fingerprint density at radius 3 is 2.71 bits per heavy atom. The molecule has 17 heavy (non-hydrogen) atoms. The number of hydrogen-bond acceptors (Lipinski definition) is 4. The molecule has 0 saturated heterocycles. The fraction of sp³-hybridized carbons (Fsp3) is 0.0909. The summed E-state index contributed by atoms with van der Waals surface area (Å²) in [5, 5.41) is 0.866. The van der Waals surface area contributed by atoms with E-state index in [0.29, 0.717) is 10.8 Å². The van der Waals surface area contributed by atoms with Crippen molar-refractivity contribution in [1.29, 1.82) is 0 Å². The second-order valence-electron chi connectivity index (χ2n) is 3.39. The van der Waals surface area contributed by atoms with Crippen LogP contribution in [0.5, 0.6) is 11.6 Å². The summed E-state index contributed by atoms with van der Waals surface area (Å²) in [5.74, 6) is 0.996. The second kappa shape index (κ2) is 4.77. The van der Waals surface area contributed by atoms with Crippen molar-refractivity contribution >= 4 is 29.0 Å². The molecular weight excluding hydrogens is 261 g/mol. The van der Waals surface area contributed by atoms with Crippen LogP contribution in [0, 0.1) is 6.92 Å². The molecule has 0 spiro atoms. The standard InChI is InChI=1S/C11H9Cl2N3O/c1-6-4-7(2-3-8(6)12)17-11-9(13)10(14)15-5-16-11/h2-5H,1H3,(H2,14,15,16). The fourth-order valence-electron chi connectivity index (χ4n) is 1.23. The number of nitrogens with two attached hydrogens (primary N) is 1. The van der Waals surface area contributed by atoms with Gasteiger partial charge in [0.25, 0.3) is 0 Å². The van der Waals surface area contributed by atoms with Gasteiger partial charge in [-0.3, -0.25) is 0 Å². The van der Waals surface area contributed by atoms with E-state index in [9.17, 15) is 0 Å². The molecule has 0 aliphatic rings. The van der Waals surface area contributed by atoms with Gasteiger partial charge in [0.2, 0.25) is 5.88 Å². The average molecular weight is 270 g/mol. The molecule has 1 heterocycles. The summed E-state index contributed by atoms with van der Waals surface area (Å²) in [6.07, 6.45) is 1.29. The number of rotatable bonds is 2. The first-order chi connectivity index (χ1) is 8.08. The van der Waals surface area contributed by atoms with Gasteiger partial charge in [0.15, 0.2) is 0 Å². The van der Waals surface area contributed by atoms with Gasteiger partial charge >= 0.3 is 0 Å². The Bertz CT molecular complexity index is 560. The topological polar surface area (TPSA) is 61.0 Å². The summed E-state index contributed by atoms with van der Waals surface area (Å²) in [6, 6.07) is 5.26. The molecule has 2 rings (SSSR count). The lowest BCUT2D eigenvalue weighted by Gasteiger charge is -2.08. The minimum Gasteiger partial charge on any atom is -0.437 e. The quantitative estimate of drug-likeness (QED) is 0.907. The van der Waals surface area contributed by atoms with E-state index in [4.69, 9.17) is 33.7 Å². The highest BCUT2D eigenvalue weighted by Gasteiger charge is 2.09. The van der Waals surface area contributed by atoms with Crippen molar-refractivity contribution < 1.29 is 4.74 Å². The Balaban J connectivity index is 2.31. The minimum atomic E-state index is 0.183. The van der Waals surface area contributed by atoms with Crippen LogP contribution < -0.4 is 10.5 Å². The lowest BCUT2D eigenvalue weighted by molar-refractivity contribution is 0.462. The van der Waals surface area contributed by atoms with E-state index in [1.54, 1.807) is 18.2 Å². The van der Waals surface area contributed by atoms with Gasteiger partial charge < -0.3 is 10.5 Å². The fourth-order valence-corrected chi connectivity index (χ4v) is 1.48. The van der Waals surface area contributed by atoms with Crippen molar-refractivity contribution in [1.82, 2.24) is 9.97 Å². The average Bonchev–Trinajstić information content (AvgIpc) is 2.30. The van der Waals surface area contributed by atoms with Crippen molar-refractivity contribution in [2.45, 2.75) is 6.92 Å². The number of nitrogens with zero attached hydrogens (tertiary/aromatic N) is 2. The van der Waals surface area contributed by atoms with Crippen LogP contribution in [0.3, 0.4) is 0 Å². The summed E-state index contributed by atoms with van der Waals surface area (Å²) in [7, 11) is 0. The van der Waals surface area contributed by atoms with Crippen molar-refractivity contribution in [3.05, 3.63) is 40.1 Å². The highest BCUT2D eigenvalue weighted by molar-refractivity contribution is 6.34. The third kappa shape index (κ3) is 2.60. The van der Waals surface area contributed by atoms with Crippen molar-refractivity contribution in [3.8, 4) is 11.6 Å². The number of halogens is 2. The van der Waals surface area contributed by atoms with Gasteiger partial charge in [0.05, 0.1) is 0 Å². The molecule has 0 amide bonds. The normalized spacial score (nSPS) is 10.3. The summed E-state index contributed by atoms with van der Waals surface area (Å²) in [5.41, 5.74) is 6.45. The maximum atomic E-state index is 5.91. The van der Waals surface area contributed by atoms with Crippen molar-refractivity contribution in [2.24, 2.45) is 0 Å². The zero-order valence-electron chi connectivity index (χ0n) is 8.95. The van der Waals surface area contributed by atoms with E-state index >= 15 is 0 Å². The number of hydrogen-bond donors (Lipinski definition) is 1. The first-order valence-electron chi connectivity index (χ1n) is 4.78. The molecular formula is C11H9Cl2N3O. The lowest BCUT2D eigenvalue weighted by atomic mass is 10.2. The summed E-state index contributed by atoms with van der Waals surface area (Å²) in [6.45, 7) is 1.88. The van der Waals surface area contributed by atoms with Crippen molar-refractivity contribution in [2.75, 3.05) is 5.73 Å². The maximum absolute atomic E-state index is 5.91. The van der Waals surface area contributed by atoms with Crippen LogP contribution in [-0.2, 0) is 0 Å². The SMILES string of the molecule is Cc1cc(Oc2ncnc(N)c2Cl)ccc1Cl. The van der Waals surface area contributed by atoms with E-state index < -0.39 is 0 Å². The van der Waals surface area contributed by atoms with Gasteiger partial charge in [-0.2, -0.15) is 4.98 Å². The molecule has 0 saturated carbocycles. The van der Waals surface area contributed by atoms with Crippen LogP contribution in [0.2, 0.25) is 10.0 Å². The molecule has 0 atom stereocenters. The van der Waals surface area contributed by atoms with E-state index in [1.165, 1.54) is 6.33 Å². The second-order valence-corrected chi connectivity index (χ2v) is 4.18. The molecule has 0 radical (unpaired) electrons. The number of aromatic nitrogens is 2. The molecule has 2 aromatic rings. The van der Waals surface area contributed by atoms with Gasteiger partial charge in [0.1, 0.15) is 22.9 Å². The summed E-state index contributed by atoms with van der Waals surface area (Å²) >= 11 is 11.8. The van der Waals surface area contributed by atoms with Crippen LogP contribution in [0.1, 0.15) is 5.56 Å². The van der Waals surface area contributed by atoms with Crippen molar-refractivity contribution in [3.63, 3.8) is 0 Å². The van der Waals surface area contributed by atoms with Crippen LogP contribution in [0.25, 0.3) is 0 Å². The van der Waals surface area contributed by atoms with E-state index in [2.05, 4.69) is 9.97 Å². The third-order valence-corrected chi connectivity index (χ3v) is 2.91.